The van der Waals surface area contributed by atoms with Gasteiger partial charge in [-0.3, -0.25) is 9.59 Å². The van der Waals surface area contributed by atoms with E-state index < -0.39 is 0 Å². The third-order valence-corrected chi connectivity index (χ3v) is 7.11. The molecular formula is C23H28N2O2S2. The molecule has 2 aromatic rings. The van der Waals surface area contributed by atoms with Crippen molar-refractivity contribution in [1.82, 2.24) is 10.3 Å². The molecule has 0 aliphatic heterocycles. The Balaban J connectivity index is 1.39. The summed E-state index contributed by atoms with van der Waals surface area (Å²) in [6.45, 7) is 2.79. The highest BCUT2D eigenvalue weighted by Gasteiger charge is 2.11. The maximum absolute atomic E-state index is 12.3. The standard InChI is InChI=1S/C23H28N2O2S2/c1-2-17-8-10-19(11-9-17)21(26)16-29-23-25-20(15-28-23)14-22(27)24-13-12-18-6-4-3-5-7-18/h6,8-11,15H,2-5,7,12-14,16H2,1H3,(H,24,27). The molecule has 1 aromatic heterocycles. The number of aromatic nitrogens is 1. The Morgan fingerprint density at radius 2 is 2.03 bits per heavy atom. The number of carbonyl (C=O) groups is 2. The zero-order valence-corrected chi connectivity index (χ0v) is 18.5. The first-order valence-corrected chi connectivity index (χ1v) is 12.1. The lowest BCUT2D eigenvalue weighted by Crippen LogP contribution is -2.26. The van der Waals surface area contributed by atoms with Gasteiger partial charge in [-0.15, -0.1) is 11.3 Å². The lowest BCUT2D eigenvalue weighted by Gasteiger charge is -2.12. The average molecular weight is 429 g/mol. The molecule has 1 aromatic carbocycles. The molecule has 6 heteroatoms. The summed E-state index contributed by atoms with van der Waals surface area (Å²) in [6.07, 6.45) is 9.44. The van der Waals surface area contributed by atoms with Gasteiger partial charge in [0.05, 0.1) is 17.9 Å². The van der Waals surface area contributed by atoms with Crippen molar-refractivity contribution in [3.63, 3.8) is 0 Å². The summed E-state index contributed by atoms with van der Waals surface area (Å²) in [7, 11) is 0. The smallest absolute Gasteiger partial charge is 0.226 e. The van der Waals surface area contributed by atoms with Gasteiger partial charge in [-0.25, -0.2) is 4.98 Å². The molecule has 0 bridgehead atoms. The van der Waals surface area contributed by atoms with E-state index in [0.29, 0.717) is 18.7 Å². The molecule has 0 saturated carbocycles. The Morgan fingerprint density at radius 1 is 1.21 bits per heavy atom. The topological polar surface area (TPSA) is 59.1 Å². The maximum atomic E-state index is 12.3. The van der Waals surface area contributed by atoms with Crippen LogP contribution >= 0.6 is 23.1 Å². The van der Waals surface area contributed by atoms with E-state index in [2.05, 4.69) is 23.3 Å². The number of amides is 1. The van der Waals surface area contributed by atoms with Gasteiger partial charge in [0.1, 0.15) is 0 Å². The molecule has 29 heavy (non-hydrogen) atoms. The second-order valence-electron chi connectivity index (χ2n) is 7.25. The van der Waals surface area contributed by atoms with Crippen molar-refractivity contribution in [1.29, 1.82) is 0 Å². The molecule has 0 fully saturated rings. The quantitative estimate of drug-likeness (QED) is 0.320. The molecule has 4 nitrogen and oxygen atoms in total. The normalized spacial score (nSPS) is 13.8. The summed E-state index contributed by atoms with van der Waals surface area (Å²) < 4.78 is 0.832. The van der Waals surface area contributed by atoms with Gasteiger partial charge in [0, 0.05) is 17.5 Å². The molecule has 154 valence electrons. The van der Waals surface area contributed by atoms with Crippen molar-refractivity contribution in [2.75, 3.05) is 12.3 Å². The number of thiazole rings is 1. The zero-order valence-electron chi connectivity index (χ0n) is 16.9. The van der Waals surface area contributed by atoms with Crippen LogP contribution in [0.5, 0.6) is 0 Å². The molecule has 0 radical (unpaired) electrons. The fourth-order valence-corrected chi connectivity index (χ4v) is 5.03. The van der Waals surface area contributed by atoms with Crippen LogP contribution in [-0.2, 0) is 17.6 Å². The van der Waals surface area contributed by atoms with Crippen LogP contribution in [0.15, 0.2) is 45.6 Å². The number of nitrogens with zero attached hydrogens (tertiary/aromatic N) is 1. The molecule has 0 atom stereocenters. The Labute approximate surface area is 181 Å². The lowest BCUT2D eigenvalue weighted by atomic mass is 9.97. The molecule has 0 unspecified atom stereocenters. The summed E-state index contributed by atoms with van der Waals surface area (Å²) >= 11 is 2.93. The number of allylic oxidation sites excluding steroid dienone is 1. The Morgan fingerprint density at radius 3 is 2.76 bits per heavy atom. The number of benzene rings is 1. The minimum absolute atomic E-state index is 0.00958. The van der Waals surface area contributed by atoms with Crippen LogP contribution in [0.2, 0.25) is 0 Å². The van der Waals surface area contributed by atoms with E-state index in [9.17, 15) is 9.59 Å². The molecule has 1 amide bonds. The van der Waals surface area contributed by atoms with E-state index >= 15 is 0 Å². The molecule has 1 heterocycles. The predicted molar refractivity (Wildman–Crippen MR) is 121 cm³/mol. The third kappa shape index (κ3) is 7.12. The molecule has 0 spiro atoms. The van der Waals surface area contributed by atoms with E-state index in [0.717, 1.165) is 28.4 Å². The van der Waals surface area contributed by atoms with Gasteiger partial charge in [0.2, 0.25) is 5.91 Å². The van der Waals surface area contributed by atoms with Crippen LogP contribution in [-0.4, -0.2) is 29.0 Å². The lowest BCUT2D eigenvalue weighted by molar-refractivity contribution is -0.120. The highest BCUT2D eigenvalue weighted by Crippen LogP contribution is 2.24. The second-order valence-corrected chi connectivity index (χ2v) is 9.33. The number of aryl methyl sites for hydroxylation is 1. The fraction of sp³-hybridized carbons (Fsp3) is 0.435. The van der Waals surface area contributed by atoms with Crippen molar-refractivity contribution >= 4 is 34.8 Å². The van der Waals surface area contributed by atoms with Crippen LogP contribution in [0.4, 0.5) is 0 Å². The molecular weight excluding hydrogens is 400 g/mol. The minimum atomic E-state index is 0.00958. The number of nitrogens with one attached hydrogen (secondary N) is 1. The maximum Gasteiger partial charge on any atom is 0.226 e. The summed E-state index contributed by atoms with van der Waals surface area (Å²) in [5.74, 6) is 0.472. The monoisotopic (exact) mass is 428 g/mol. The SMILES string of the molecule is CCc1ccc(C(=O)CSc2nc(CC(=O)NCCC3=CCCCC3)cs2)cc1. The summed E-state index contributed by atoms with van der Waals surface area (Å²) in [6, 6.07) is 7.79. The molecule has 3 rings (SSSR count). The van der Waals surface area contributed by atoms with Gasteiger partial charge in [-0.05, 0) is 44.1 Å². The van der Waals surface area contributed by atoms with Crippen LogP contribution in [0, 0.1) is 0 Å². The summed E-state index contributed by atoms with van der Waals surface area (Å²) in [5.41, 5.74) is 4.20. The highest BCUT2D eigenvalue weighted by molar-refractivity contribution is 8.01. The number of hydrogen-bond donors (Lipinski definition) is 1. The van der Waals surface area contributed by atoms with E-state index in [1.54, 1.807) is 0 Å². The van der Waals surface area contributed by atoms with Gasteiger partial charge >= 0.3 is 0 Å². The van der Waals surface area contributed by atoms with Crippen LogP contribution in [0.25, 0.3) is 0 Å². The van der Waals surface area contributed by atoms with Crippen molar-refractivity contribution < 1.29 is 9.59 Å². The number of ketones is 1. The van der Waals surface area contributed by atoms with Gasteiger partial charge < -0.3 is 5.32 Å². The number of carbonyl (C=O) groups excluding carboxylic acids is 2. The van der Waals surface area contributed by atoms with E-state index in [-0.39, 0.29) is 11.7 Å². The first kappa shape index (κ1) is 21.8. The average Bonchev–Trinajstić information content (AvgIpc) is 3.20. The summed E-state index contributed by atoms with van der Waals surface area (Å²) in [4.78, 5) is 29.0. The van der Waals surface area contributed by atoms with Gasteiger partial charge in [0.25, 0.3) is 0 Å². The van der Waals surface area contributed by atoms with Crippen LogP contribution in [0.1, 0.15) is 60.6 Å². The van der Waals surface area contributed by atoms with Crippen molar-refractivity contribution in [2.45, 2.75) is 56.2 Å². The Bertz CT molecular complexity index is 856. The molecule has 1 aliphatic rings. The molecule has 0 saturated heterocycles. The molecule has 1 aliphatic carbocycles. The van der Waals surface area contributed by atoms with E-state index in [1.807, 2.05) is 29.6 Å². The Kier molecular flexibility index (Phi) is 8.50. The van der Waals surface area contributed by atoms with Gasteiger partial charge in [-0.1, -0.05) is 54.6 Å². The number of hydrogen-bond acceptors (Lipinski definition) is 5. The predicted octanol–water partition coefficient (Wildman–Crippen LogP) is 5.23. The number of thioether (sulfide) groups is 1. The van der Waals surface area contributed by atoms with Crippen molar-refractivity contribution in [2.24, 2.45) is 0 Å². The van der Waals surface area contributed by atoms with Gasteiger partial charge in [0.15, 0.2) is 10.1 Å². The van der Waals surface area contributed by atoms with E-state index in [4.69, 9.17) is 0 Å². The van der Waals surface area contributed by atoms with Crippen LogP contribution in [0.3, 0.4) is 0 Å². The van der Waals surface area contributed by atoms with Crippen molar-refractivity contribution in [3.8, 4) is 0 Å². The minimum Gasteiger partial charge on any atom is -0.355 e. The van der Waals surface area contributed by atoms with Crippen LogP contribution < -0.4 is 5.32 Å². The summed E-state index contributed by atoms with van der Waals surface area (Å²) in [5, 5.41) is 4.90. The van der Waals surface area contributed by atoms with Crippen molar-refractivity contribution in [3.05, 3.63) is 58.1 Å². The fourth-order valence-electron chi connectivity index (χ4n) is 3.29. The highest BCUT2D eigenvalue weighted by atomic mass is 32.2. The second kappa shape index (κ2) is 11.3. The zero-order chi connectivity index (χ0) is 20.5. The Hall–Kier alpha value is -1.92. The van der Waals surface area contributed by atoms with E-state index in [1.165, 1.54) is 59.9 Å². The third-order valence-electron chi connectivity index (χ3n) is 5.04. The number of Topliss-reactive ketones (excluding diaryl/α,β-unsaturated/α-hetero) is 1. The molecule has 1 N–H and O–H groups in total. The largest absolute Gasteiger partial charge is 0.355 e. The first-order valence-electron chi connectivity index (χ1n) is 10.3. The first-order chi connectivity index (χ1) is 14.1. The van der Waals surface area contributed by atoms with Gasteiger partial charge in [-0.2, -0.15) is 0 Å². The number of rotatable bonds is 10.